The van der Waals surface area contributed by atoms with E-state index >= 15 is 0 Å². The van der Waals surface area contributed by atoms with Crippen molar-refractivity contribution in [2.75, 3.05) is 0 Å². The Bertz CT molecular complexity index is 1470. The van der Waals surface area contributed by atoms with Crippen LogP contribution in [0.5, 0.6) is 5.75 Å². The molecule has 1 heterocycles. The molecule has 0 radical (unpaired) electrons. The van der Waals surface area contributed by atoms with E-state index in [1.165, 1.54) is 5.56 Å². The predicted molar refractivity (Wildman–Crippen MR) is 135 cm³/mol. The van der Waals surface area contributed by atoms with Gasteiger partial charge in [-0.25, -0.2) is 15.0 Å². The van der Waals surface area contributed by atoms with Crippen molar-refractivity contribution in [2.24, 2.45) is 0 Å². The molecular formula is C30H23N3O. The highest BCUT2D eigenvalue weighted by molar-refractivity contribution is 5.91. The molecule has 1 aliphatic rings. The molecule has 0 amide bonds. The third kappa shape index (κ3) is 3.19. The first kappa shape index (κ1) is 20.3. The van der Waals surface area contributed by atoms with Crippen LogP contribution in [0.25, 0.3) is 45.3 Å². The Morgan fingerprint density at radius 1 is 0.559 bits per heavy atom. The summed E-state index contributed by atoms with van der Waals surface area (Å²) in [6.45, 7) is 4.39. The lowest BCUT2D eigenvalue weighted by molar-refractivity contribution is 0.473. The maximum absolute atomic E-state index is 10.2. The van der Waals surface area contributed by atoms with Crippen LogP contribution in [0.3, 0.4) is 0 Å². The number of hydrogen-bond donors (Lipinski definition) is 1. The maximum atomic E-state index is 10.2. The van der Waals surface area contributed by atoms with E-state index in [1.54, 1.807) is 6.07 Å². The van der Waals surface area contributed by atoms with E-state index in [0.29, 0.717) is 17.5 Å². The van der Waals surface area contributed by atoms with Gasteiger partial charge in [0.15, 0.2) is 17.5 Å². The molecule has 5 aromatic rings. The van der Waals surface area contributed by atoms with Gasteiger partial charge in [-0.1, -0.05) is 98.8 Å². The zero-order valence-corrected chi connectivity index (χ0v) is 19.0. The van der Waals surface area contributed by atoms with Crippen molar-refractivity contribution in [2.45, 2.75) is 19.3 Å². The van der Waals surface area contributed by atoms with Gasteiger partial charge in [-0.05, 0) is 34.4 Å². The van der Waals surface area contributed by atoms with E-state index in [-0.39, 0.29) is 11.2 Å². The molecule has 4 aromatic carbocycles. The molecule has 0 unspecified atom stereocenters. The van der Waals surface area contributed by atoms with Gasteiger partial charge in [0.2, 0.25) is 0 Å². The Hall–Kier alpha value is -4.31. The maximum Gasteiger partial charge on any atom is 0.164 e. The summed E-state index contributed by atoms with van der Waals surface area (Å²) in [6, 6.07) is 31.9. The fourth-order valence-electron chi connectivity index (χ4n) is 4.89. The van der Waals surface area contributed by atoms with Crippen molar-refractivity contribution in [1.82, 2.24) is 15.0 Å². The summed E-state index contributed by atoms with van der Waals surface area (Å²) in [6.07, 6.45) is 0. The Balaban J connectivity index is 1.63. The number of phenolic OH excluding ortho intramolecular Hbond substituents is 1. The average molecular weight is 442 g/mol. The number of hydrogen-bond acceptors (Lipinski definition) is 4. The Kier molecular flexibility index (Phi) is 4.56. The molecule has 4 nitrogen and oxygen atoms in total. The monoisotopic (exact) mass is 441 g/mol. The Morgan fingerprint density at radius 3 is 1.76 bits per heavy atom. The largest absolute Gasteiger partial charge is 0.508 e. The highest BCUT2D eigenvalue weighted by Crippen LogP contribution is 2.52. The molecule has 1 N–H and O–H groups in total. The molecule has 0 bridgehead atoms. The standard InChI is InChI=1S/C30H23N3O/c1-30(2)24-15-9-14-23(26(24)22-17-16-21(34)18-25(22)30)29-32-27(19-10-5-3-6-11-19)31-28(33-29)20-12-7-4-8-13-20/h3-18,34H,1-2H3. The van der Waals surface area contributed by atoms with E-state index in [0.717, 1.165) is 33.4 Å². The molecule has 1 aliphatic carbocycles. The molecule has 6 rings (SSSR count). The van der Waals surface area contributed by atoms with Gasteiger partial charge in [-0.15, -0.1) is 0 Å². The van der Waals surface area contributed by atoms with Crippen molar-refractivity contribution < 1.29 is 5.11 Å². The smallest absolute Gasteiger partial charge is 0.164 e. The predicted octanol–water partition coefficient (Wildman–Crippen LogP) is 6.88. The number of aromatic hydroxyl groups is 1. The number of nitrogens with zero attached hydrogens (tertiary/aromatic N) is 3. The zero-order valence-electron chi connectivity index (χ0n) is 19.0. The number of fused-ring (bicyclic) bond motifs is 3. The van der Waals surface area contributed by atoms with E-state index in [2.05, 4.69) is 32.0 Å². The summed E-state index contributed by atoms with van der Waals surface area (Å²) in [7, 11) is 0. The third-order valence-electron chi connectivity index (χ3n) is 6.62. The van der Waals surface area contributed by atoms with Crippen LogP contribution in [-0.2, 0) is 5.41 Å². The molecule has 0 saturated carbocycles. The van der Waals surface area contributed by atoms with Gasteiger partial charge in [0.05, 0.1) is 0 Å². The summed E-state index contributed by atoms with van der Waals surface area (Å²) in [5, 5.41) is 10.2. The molecule has 0 fully saturated rings. The van der Waals surface area contributed by atoms with E-state index in [9.17, 15) is 5.11 Å². The summed E-state index contributed by atoms with van der Waals surface area (Å²) >= 11 is 0. The minimum Gasteiger partial charge on any atom is -0.508 e. The first-order valence-corrected chi connectivity index (χ1v) is 11.4. The number of phenols is 1. The van der Waals surface area contributed by atoms with Crippen LogP contribution in [0.1, 0.15) is 25.0 Å². The van der Waals surface area contributed by atoms with Crippen LogP contribution in [0.4, 0.5) is 0 Å². The summed E-state index contributed by atoms with van der Waals surface area (Å²) in [4.78, 5) is 14.7. The van der Waals surface area contributed by atoms with Crippen molar-refractivity contribution in [3.8, 4) is 51.0 Å². The fourth-order valence-corrected chi connectivity index (χ4v) is 4.89. The van der Waals surface area contributed by atoms with Crippen LogP contribution >= 0.6 is 0 Å². The third-order valence-corrected chi connectivity index (χ3v) is 6.62. The molecule has 0 aliphatic heterocycles. The first-order valence-electron chi connectivity index (χ1n) is 11.4. The highest BCUT2D eigenvalue weighted by Gasteiger charge is 2.37. The van der Waals surface area contributed by atoms with Gasteiger partial charge in [-0.2, -0.15) is 0 Å². The summed E-state index contributed by atoms with van der Waals surface area (Å²) in [5.41, 5.74) is 7.15. The van der Waals surface area contributed by atoms with Gasteiger partial charge in [0.25, 0.3) is 0 Å². The molecular weight excluding hydrogens is 418 g/mol. The molecule has 0 saturated heterocycles. The fraction of sp³-hybridized carbons (Fsp3) is 0.100. The first-order chi connectivity index (χ1) is 16.5. The lowest BCUT2D eigenvalue weighted by Gasteiger charge is -2.21. The van der Waals surface area contributed by atoms with Crippen LogP contribution in [-0.4, -0.2) is 20.1 Å². The average Bonchev–Trinajstić information content (AvgIpc) is 3.11. The van der Waals surface area contributed by atoms with Gasteiger partial charge >= 0.3 is 0 Å². The minimum absolute atomic E-state index is 0.239. The van der Waals surface area contributed by atoms with Crippen molar-refractivity contribution in [3.05, 3.63) is 108 Å². The number of rotatable bonds is 3. The Labute approximate surface area is 198 Å². The number of aromatic nitrogens is 3. The summed E-state index contributed by atoms with van der Waals surface area (Å²) in [5.74, 6) is 2.20. The van der Waals surface area contributed by atoms with Gasteiger partial charge in [0, 0.05) is 22.1 Å². The molecule has 1 aromatic heterocycles. The lowest BCUT2D eigenvalue weighted by atomic mass is 9.82. The summed E-state index contributed by atoms with van der Waals surface area (Å²) < 4.78 is 0. The molecule has 4 heteroatoms. The highest BCUT2D eigenvalue weighted by atomic mass is 16.3. The molecule has 34 heavy (non-hydrogen) atoms. The van der Waals surface area contributed by atoms with Crippen LogP contribution in [0, 0.1) is 0 Å². The van der Waals surface area contributed by atoms with Crippen molar-refractivity contribution in [1.29, 1.82) is 0 Å². The normalized spacial score (nSPS) is 13.4. The zero-order chi connectivity index (χ0) is 23.3. The van der Waals surface area contributed by atoms with Crippen LogP contribution in [0.2, 0.25) is 0 Å². The van der Waals surface area contributed by atoms with Gasteiger partial charge in [-0.3, -0.25) is 0 Å². The lowest BCUT2D eigenvalue weighted by Crippen LogP contribution is -2.14. The van der Waals surface area contributed by atoms with Crippen molar-refractivity contribution in [3.63, 3.8) is 0 Å². The van der Waals surface area contributed by atoms with Crippen LogP contribution < -0.4 is 0 Å². The van der Waals surface area contributed by atoms with E-state index in [1.807, 2.05) is 72.8 Å². The van der Waals surface area contributed by atoms with Crippen LogP contribution in [0.15, 0.2) is 97.1 Å². The Morgan fingerprint density at radius 2 is 1.15 bits per heavy atom. The second-order valence-corrected chi connectivity index (χ2v) is 9.12. The molecule has 164 valence electrons. The second kappa shape index (κ2) is 7.63. The number of benzene rings is 4. The SMILES string of the molecule is CC1(C)c2cc(O)ccc2-c2c(-c3nc(-c4ccccc4)nc(-c4ccccc4)n3)cccc21. The topological polar surface area (TPSA) is 58.9 Å². The molecule has 0 spiro atoms. The molecule has 0 atom stereocenters. The van der Waals surface area contributed by atoms with Crippen molar-refractivity contribution >= 4 is 0 Å². The minimum atomic E-state index is -0.239. The quantitative estimate of drug-likeness (QED) is 0.331. The van der Waals surface area contributed by atoms with Gasteiger partial charge in [0.1, 0.15) is 5.75 Å². The van der Waals surface area contributed by atoms with E-state index in [4.69, 9.17) is 15.0 Å². The van der Waals surface area contributed by atoms with E-state index < -0.39 is 0 Å². The van der Waals surface area contributed by atoms with Gasteiger partial charge < -0.3 is 5.11 Å². The second-order valence-electron chi connectivity index (χ2n) is 9.12.